The van der Waals surface area contributed by atoms with Crippen LogP contribution in [0.4, 0.5) is 25.8 Å². The van der Waals surface area contributed by atoms with Gasteiger partial charge in [-0.25, -0.2) is 23.2 Å². The number of hydrogen-bond acceptors (Lipinski definition) is 21. The Balaban J connectivity index is 0.000000229. The number of hydrogen-bond donors (Lipinski definition) is 6. The minimum absolute atomic E-state index is 0.0236. The number of carbonyl (C=O) groups excluding carboxylic acids is 9. The lowest BCUT2D eigenvalue weighted by Crippen LogP contribution is -2.37. The number of alkyl halides is 2. The van der Waals surface area contributed by atoms with E-state index in [1.807, 2.05) is 6.07 Å². The summed E-state index contributed by atoms with van der Waals surface area (Å²) in [5.74, 6) is -6.83. The third-order valence-corrected chi connectivity index (χ3v) is 23.9. The molecule has 6 N–H and O–H groups in total. The first-order chi connectivity index (χ1) is 71.7. The Bertz CT molecular complexity index is 6350. The number of ether oxygens (including phenoxy) is 7. The summed E-state index contributed by atoms with van der Waals surface area (Å²) in [4.78, 5) is 155. The summed E-state index contributed by atoms with van der Waals surface area (Å²) in [6.07, 6.45) is 17.2. The second-order valence-electron chi connectivity index (χ2n) is 36.0. The van der Waals surface area contributed by atoms with Crippen LogP contribution in [0, 0.1) is 0 Å². The first-order valence-electron chi connectivity index (χ1n) is 49.7. The molecule has 0 saturated carbocycles. The zero-order valence-corrected chi connectivity index (χ0v) is 84.9. The van der Waals surface area contributed by atoms with Crippen molar-refractivity contribution in [1.82, 2.24) is 14.7 Å². The van der Waals surface area contributed by atoms with E-state index in [2.05, 4.69) is 36.7 Å². The van der Waals surface area contributed by atoms with Crippen molar-refractivity contribution in [3.05, 3.63) is 370 Å². The van der Waals surface area contributed by atoms with Gasteiger partial charge in [0.05, 0.1) is 62.1 Å². The fraction of sp³-hybridized carbons (Fsp3) is 0.294. The van der Waals surface area contributed by atoms with Gasteiger partial charge in [0, 0.05) is 77.0 Å². The van der Waals surface area contributed by atoms with Crippen molar-refractivity contribution in [1.29, 1.82) is 0 Å². The summed E-state index contributed by atoms with van der Waals surface area (Å²) in [7, 11) is 1.56. The third-order valence-electron chi connectivity index (χ3n) is 23.9. The topological polar surface area (TPSA) is 376 Å². The van der Waals surface area contributed by atoms with E-state index in [0.29, 0.717) is 127 Å². The Kier molecular flexibility index (Phi) is 45.3. The minimum Gasteiger partial charge on any atom is -0.497 e. The van der Waals surface area contributed by atoms with Crippen molar-refractivity contribution in [3.63, 3.8) is 0 Å². The highest BCUT2D eigenvalue weighted by molar-refractivity contribution is 6.03. The molecule has 12 aromatic carbocycles. The van der Waals surface area contributed by atoms with Gasteiger partial charge in [-0.05, 0) is 262 Å². The molecule has 0 aromatic heterocycles. The molecule has 0 aliphatic rings. The van der Waals surface area contributed by atoms with Crippen LogP contribution in [0.5, 0.6) is 40.2 Å². The maximum atomic E-state index is 14.3. The van der Waals surface area contributed by atoms with Gasteiger partial charge in [-0.3, -0.25) is 43.2 Å². The van der Waals surface area contributed by atoms with Crippen molar-refractivity contribution in [2.75, 3.05) is 75.6 Å². The number of ketones is 2. The highest BCUT2D eigenvalue weighted by Gasteiger charge is 2.38. The number of amides is 4. The highest BCUT2D eigenvalue weighted by Crippen LogP contribution is 2.38. The molecule has 4 amide bonds. The second-order valence-corrected chi connectivity index (χ2v) is 36.0. The molecule has 0 aliphatic heterocycles. The summed E-state index contributed by atoms with van der Waals surface area (Å²) in [5, 5.41) is 37.3. The maximum Gasteiger partial charge on any atom is 0.343 e. The van der Waals surface area contributed by atoms with E-state index in [4.69, 9.17) is 33.2 Å². The molecule has 0 bridgehead atoms. The van der Waals surface area contributed by atoms with Gasteiger partial charge in [0.1, 0.15) is 59.9 Å². The lowest BCUT2D eigenvalue weighted by atomic mass is 9.79. The molecule has 12 aromatic rings. The molecular weight excluding hydrogens is 1900 g/mol. The number of carboxylic acid groups (broad SMARTS) is 3. The van der Waals surface area contributed by atoms with Crippen LogP contribution in [0.1, 0.15) is 249 Å². The molecule has 0 atom stereocenters. The van der Waals surface area contributed by atoms with Gasteiger partial charge < -0.3 is 79.1 Å². The number of nitrogens with zero attached hydrogens (tertiary/aromatic N) is 3. The van der Waals surface area contributed by atoms with Crippen LogP contribution in [0.25, 0.3) is 0 Å². The molecule has 28 nitrogen and oxygen atoms in total. The van der Waals surface area contributed by atoms with Crippen molar-refractivity contribution < 1.29 is 115 Å². The van der Waals surface area contributed by atoms with Crippen LogP contribution in [-0.2, 0) is 50.1 Å². The number of benzene rings is 12. The van der Waals surface area contributed by atoms with Crippen LogP contribution >= 0.6 is 0 Å². The standard InChI is InChI=1S/C42H46F2N2O7.C39H42N2O8.C38H40N2O7/c1-5-6-7-8-11-26-52-33-24-18-31(19-25-33)39(50)53-34-22-14-29(15-23-34)27-46(28-37(47)48)38(49)30-16-20-32(21-17-30)45-40(51)41(2,3)35-12-9-10-13-36(35)42(4,43)44;1-3-4-5-6-7-24-48-34-22-14-31(15-23-34)39(46)49-35-18-8-28(9-19-35)26-41(27-37(43)44)38(45)30-10-16-32(17-11-30)40-25-36(42)29-12-20-33(47-2)21-13-29;1-2-3-4-5-9-24-46-33-22-16-31(17-23-33)38(45)47-34-20-12-28(13-21-34)26-40(27-36(42)43)37(44)30-14-18-32(19-15-30)39-25-35(41)29-10-7-6-8-11-29/h9-10,12-25H,5-8,11,26-28H2,1-4H3,(H,45,51)(H,47,48);8-23,40H,3-7,24-27H2,1-2H3,(H,43,44);6-8,10-23,39H,2-5,9,24-27H2,1H3,(H,42,43). The van der Waals surface area contributed by atoms with Crippen molar-refractivity contribution in [2.24, 2.45) is 0 Å². The van der Waals surface area contributed by atoms with E-state index in [9.17, 15) is 81.6 Å². The van der Waals surface area contributed by atoms with Gasteiger partial charge in [-0.1, -0.05) is 189 Å². The summed E-state index contributed by atoms with van der Waals surface area (Å²) in [5.41, 5.74) is 5.16. The van der Waals surface area contributed by atoms with E-state index in [1.165, 1.54) is 110 Å². The number of esters is 3. The summed E-state index contributed by atoms with van der Waals surface area (Å²) >= 11 is 0. The highest BCUT2D eigenvalue weighted by atomic mass is 19.3. The Hall–Kier alpha value is -16.7. The lowest BCUT2D eigenvalue weighted by molar-refractivity contribution is -0.138. The predicted octanol–water partition coefficient (Wildman–Crippen LogP) is 23.6. The molecule has 0 unspecified atom stereocenters. The van der Waals surface area contributed by atoms with Crippen LogP contribution in [0.15, 0.2) is 297 Å². The van der Waals surface area contributed by atoms with Crippen LogP contribution in [0.2, 0.25) is 0 Å². The van der Waals surface area contributed by atoms with E-state index in [0.717, 1.165) is 50.3 Å². The molecule has 30 heteroatoms. The number of Topliss-reactive ketones (excluding diaryl/α,β-unsaturated/α-hetero) is 2. The number of methoxy groups -OCH3 is 1. The SMILES string of the molecule is CCCCCCCOc1ccc(C(=O)Oc2ccc(CN(CC(=O)O)C(=O)c3ccc(NC(=O)C(C)(C)c4ccccc4C(C)(F)F)cc3)cc2)cc1.CCCCCCCOc1ccc(C(=O)Oc2ccc(CN(CC(=O)O)C(=O)c3ccc(NCC(=O)c4ccc(OC)cc4)cc3)cc2)cc1.CCCCCCCOc1ccc(C(=O)Oc2ccc(CN(CC(=O)O)C(=O)c3ccc(NCC(=O)c4ccccc4)cc3)cc2)cc1. The number of carboxylic acids is 3. The van der Waals surface area contributed by atoms with E-state index in [-0.39, 0.29) is 66.7 Å². The van der Waals surface area contributed by atoms with Crippen molar-refractivity contribution in [2.45, 2.75) is 169 Å². The Labute approximate surface area is 867 Å². The molecule has 0 radical (unpaired) electrons. The zero-order chi connectivity index (χ0) is 107. The second kappa shape index (κ2) is 59.1. The molecule has 0 saturated heterocycles. The van der Waals surface area contributed by atoms with Crippen molar-refractivity contribution >= 4 is 88.1 Å². The maximum absolute atomic E-state index is 14.3. The molecule has 780 valence electrons. The Morgan fingerprint density at radius 1 is 0.295 bits per heavy atom. The van der Waals surface area contributed by atoms with Crippen molar-refractivity contribution in [3.8, 4) is 40.2 Å². The molecule has 0 spiro atoms. The first-order valence-corrected chi connectivity index (χ1v) is 49.7. The summed E-state index contributed by atoms with van der Waals surface area (Å²) in [6.45, 7) is 10.9. The molecule has 0 aliphatic carbocycles. The molecule has 12 rings (SSSR count). The number of unbranched alkanes of at least 4 members (excludes halogenated alkanes) is 12. The predicted molar refractivity (Wildman–Crippen MR) is 565 cm³/mol. The van der Waals surface area contributed by atoms with Gasteiger partial charge in [0.2, 0.25) is 5.91 Å². The number of carbonyl (C=O) groups is 12. The summed E-state index contributed by atoms with van der Waals surface area (Å²) < 4.78 is 67.5. The van der Waals surface area contributed by atoms with E-state index >= 15 is 0 Å². The largest absolute Gasteiger partial charge is 0.497 e. The molecule has 0 fully saturated rings. The average Bonchev–Trinajstić information content (AvgIpc) is 0.764. The van der Waals surface area contributed by atoms with Gasteiger partial charge in [-0.15, -0.1) is 0 Å². The number of halogens is 2. The summed E-state index contributed by atoms with van der Waals surface area (Å²) in [6, 6.07) is 80.3. The fourth-order valence-electron chi connectivity index (χ4n) is 15.5. The molecule has 0 heterocycles. The average molecular weight is 2030 g/mol. The zero-order valence-electron chi connectivity index (χ0n) is 84.9. The van der Waals surface area contributed by atoms with E-state index < -0.39 is 90.4 Å². The quantitative estimate of drug-likeness (QED) is 0.00892. The number of aliphatic carboxylic acids is 3. The normalized spacial score (nSPS) is 10.9. The molecular formula is C119H128F2N6O22. The third kappa shape index (κ3) is 38.0. The van der Waals surface area contributed by atoms with Gasteiger partial charge in [-0.2, -0.15) is 0 Å². The fourth-order valence-corrected chi connectivity index (χ4v) is 15.5. The molecule has 149 heavy (non-hydrogen) atoms. The Morgan fingerprint density at radius 2 is 0.564 bits per heavy atom. The number of anilines is 3. The Morgan fingerprint density at radius 3 is 0.866 bits per heavy atom. The minimum atomic E-state index is -3.15. The monoisotopic (exact) mass is 2030 g/mol. The van der Waals surface area contributed by atoms with Gasteiger partial charge in [0.15, 0.2) is 11.6 Å². The lowest BCUT2D eigenvalue weighted by Gasteiger charge is -2.28. The van der Waals surface area contributed by atoms with Crippen LogP contribution in [0.3, 0.4) is 0 Å². The van der Waals surface area contributed by atoms with Gasteiger partial charge in [0.25, 0.3) is 23.6 Å². The number of nitrogens with one attached hydrogen (secondary N) is 3. The smallest absolute Gasteiger partial charge is 0.343 e. The van der Waals surface area contributed by atoms with Gasteiger partial charge >= 0.3 is 35.8 Å². The van der Waals surface area contributed by atoms with Crippen LogP contribution in [-0.4, -0.2) is 161 Å². The first kappa shape index (κ1) is 114. The number of rotatable bonds is 55. The van der Waals surface area contributed by atoms with E-state index in [1.54, 1.807) is 270 Å². The van der Waals surface area contributed by atoms with Crippen LogP contribution < -0.4 is 49.1 Å².